The van der Waals surface area contributed by atoms with Crippen LogP contribution in [0.2, 0.25) is 0 Å². The van der Waals surface area contributed by atoms with Gasteiger partial charge in [-0.3, -0.25) is 9.59 Å². The van der Waals surface area contributed by atoms with E-state index in [0.717, 1.165) is 0 Å². The molecule has 0 aliphatic carbocycles. The smallest absolute Gasteiger partial charge is 0.320 e. The fraction of sp³-hybridized carbons (Fsp3) is 0.714. The summed E-state index contributed by atoms with van der Waals surface area (Å²) >= 11 is 0. The zero-order chi connectivity index (χ0) is 11.7. The molecule has 0 spiro atoms. The molecule has 0 aromatic carbocycles. The number of carboxylic acids is 2. The summed E-state index contributed by atoms with van der Waals surface area (Å²) in [5, 5.41) is 32.3. The second-order valence-corrected chi connectivity index (χ2v) is 2.56. The van der Waals surface area contributed by atoms with E-state index in [1.807, 2.05) is 0 Å². The highest BCUT2D eigenvalue weighted by atomic mass is 16.4. The highest BCUT2D eigenvalue weighted by Crippen LogP contribution is 1.87. The Labute approximate surface area is 80.8 Å². The van der Waals surface area contributed by atoms with E-state index in [2.05, 4.69) is 0 Å². The van der Waals surface area contributed by atoms with Crippen LogP contribution >= 0.6 is 0 Å². The normalized spacial score (nSPS) is 13.4. The van der Waals surface area contributed by atoms with Crippen molar-refractivity contribution in [1.29, 1.82) is 0 Å². The Morgan fingerprint density at radius 3 is 1.79 bits per heavy atom. The molecular formula is C7H15NO6. The molecule has 0 aromatic rings. The number of aliphatic hydroxyl groups is 2. The van der Waals surface area contributed by atoms with Gasteiger partial charge in [0.05, 0.1) is 19.1 Å². The van der Waals surface area contributed by atoms with E-state index in [9.17, 15) is 9.59 Å². The van der Waals surface area contributed by atoms with Gasteiger partial charge in [-0.05, 0) is 6.92 Å². The topological polar surface area (TPSA) is 141 Å². The zero-order valence-corrected chi connectivity index (χ0v) is 7.75. The first-order valence-corrected chi connectivity index (χ1v) is 3.80. The first kappa shape index (κ1) is 15.3. The molecule has 0 aliphatic rings. The summed E-state index contributed by atoms with van der Waals surface area (Å²) < 4.78 is 0. The van der Waals surface area contributed by atoms with Crippen molar-refractivity contribution in [3.8, 4) is 0 Å². The molecule has 0 rings (SSSR count). The lowest BCUT2D eigenvalue weighted by Crippen LogP contribution is -2.25. The number of aliphatic carboxylic acids is 2. The van der Waals surface area contributed by atoms with Crippen LogP contribution < -0.4 is 5.73 Å². The maximum absolute atomic E-state index is 9.70. The van der Waals surface area contributed by atoms with Crippen molar-refractivity contribution < 1.29 is 30.0 Å². The van der Waals surface area contributed by atoms with Gasteiger partial charge in [0.15, 0.2) is 0 Å². The van der Waals surface area contributed by atoms with Gasteiger partial charge in [0.25, 0.3) is 0 Å². The standard InChI is InChI=1S/C4H8O4.C3H7NO2/c5-2-3(6)1-4(7)8;1-2(4)3(5)6/h3,5-6H,1-2H2,(H,7,8);2H,4H2,1H3,(H,5,6). The Hall–Kier alpha value is -1.18. The lowest BCUT2D eigenvalue weighted by atomic mass is 10.3. The zero-order valence-electron chi connectivity index (χ0n) is 7.75. The van der Waals surface area contributed by atoms with Crippen LogP contribution in [0, 0.1) is 0 Å². The second-order valence-electron chi connectivity index (χ2n) is 2.56. The second kappa shape index (κ2) is 8.42. The summed E-state index contributed by atoms with van der Waals surface area (Å²) in [6.07, 6.45) is -1.51. The number of rotatable bonds is 4. The first-order chi connectivity index (χ1) is 6.31. The summed E-state index contributed by atoms with van der Waals surface area (Å²) in [5.41, 5.74) is 4.84. The summed E-state index contributed by atoms with van der Waals surface area (Å²) in [4.78, 5) is 19.3. The van der Waals surface area contributed by atoms with Gasteiger partial charge in [0.1, 0.15) is 6.04 Å². The summed E-state index contributed by atoms with van der Waals surface area (Å²) in [6.45, 7) is 0.925. The number of carbonyl (C=O) groups is 2. The Kier molecular flexibility index (Phi) is 9.20. The number of hydrogen-bond donors (Lipinski definition) is 5. The van der Waals surface area contributed by atoms with E-state index < -0.39 is 37.1 Å². The van der Waals surface area contributed by atoms with Gasteiger partial charge in [-0.15, -0.1) is 0 Å². The Bertz CT molecular complexity index is 181. The van der Waals surface area contributed by atoms with Crippen LogP contribution in [0.15, 0.2) is 0 Å². The van der Waals surface area contributed by atoms with Crippen LogP contribution in [0.5, 0.6) is 0 Å². The van der Waals surface area contributed by atoms with Crippen LogP contribution in [0.4, 0.5) is 0 Å². The lowest BCUT2D eigenvalue weighted by molar-refractivity contribution is -0.140. The minimum absolute atomic E-state index is 0.392. The molecule has 2 atom stereocenters. The molecule has 0 fully saturated rings. The van der Waals surface area contributed by atoms with Crippen molar-refractivity contribution in [2.75, 3.05) is 6.61 Å². The molecule has 0 amide bonds. The van der Waals surface area contributed by atoms with Crippen molar-refractivity contribution in [3.05, 3.63) is 0 Å². The number of carboxylic acid groups (broad SMARTS) is 2. The van der Waals surface area contributed by atoms with E-state index >= 15 is 0 Å². The molecule has 0 saturated carbocycles. The largest absolute Gasteiger partial charge is 0.481 e. The van der Waals surface area contributed by atoms with Crippen LogP contribution in [0.3, 0.4) is 0 Å². The van der Waals surface area contributed by atoms with Gasteiger partial charge in [-0.25, -0.2) is 0 Å². The molecule has 84 valence electrons. The molecule has 2 unspecified atom stereocenters. The maximum Gasteiger partial charge on any atom is 0.320 e. The fourth-order valence-electron chi connectivity index (χ4n) is 0.266. The number of aliphatic hydroxyl groups excluding tert-OH is 2. The third-order valence-electron chi connectivity index (χ3n) is 1.01. The highest BCUT2D eigenvalue weighted by molar-refractivity contribution is 5.72. The molecule has 7 nitrogen and oxygen atoms in total. The van der Waals surface area contributed by atoms with Crippen molar-refractivity contribution in [2.45, 2.75) is 25.5 Å². The molecular weight excluding hydrogens is 194 g/mol. The molecule has 14 heavy (non-hydrogen) atoms. The van der Waals surface area contributed by atoms with Gasteiger partial charge >= 0.3 is 11.9 Å². The van der Waals surface area contributed by atoms with Crippen molar-refractivity contribution >= 4 is 11.9 Å². The fourth-order valence-corrected chi connectivity index (χ4v) is 0.266. The van der Waals surface area contributed by atoms with Gasteiger partial charge in [-0.1, -0.05) is 0 Å². The van der Waals surface area contributed by atoms with Crippen LogP contribution in [-0.2, 0) is 9.59 Å². The quantitative estimate of drug-likeness (QED) is 0.369. The predicted octanol–water partition coefficient (Wildman–Crippen LogP) is -1.77. The summed E-state index contributed by atoms with van der Waals surface area (Å²) in [6, 6.07) is -0.731. The van der Waals surface area contributed by atoms with Crippen LogP contribution in [-0.4, -0.2) is 51.1 Å². The summed E-state index contributed by atoms with van der Waals surface area (Å²) in [5.74, 6) is -2.07. The van der Waals surface area contributed by atoms with E-state index in [-0.39, 0.29) is 0 Å². The first-order valence-electron chi connectivity index (χ1n) is 3.80. The monoisotopic (exact) mass is 209 g/mol. The van der Waals surface area contributed by atoms with Gasteiger partial charge < -0.3 is 26.2 Å². The average molecular weight is 209 g/mol. The van der Waals surface area contributed by atoms with Crippen molar-refractivity contribution in [2.24, 2.45) is 5.73 Å². The van der Waals surface area contributed by atoms with Crippen LogP contribution in [0.25, 0.3) is 0 Å². The Morgan fingerprint density at radius 2 is 1.71 bits per heavy atom. The molecule has 0 aliphatic heterocycles. The molecule has 6 N–H and O–H groups in total. The third-order valence-corrected chi connectivity index (χ3v) is 1.01. The maximum atomic E-state index is 9.70. The van der Waals surface area contributed by atoms with Gasteiger partial charge in [0.2, 0.25) is 0 Å². The Balaban J connectivity index is 0. The van der Waals surface area contributed by atoms with Crippen molar-refractivity contribution in [3.63, 3.8) is 0 Å². The third kappa shape index (κ3) is 13.4. The molecule has 0 bridgehead atoms. The minimum Gasteiger partial charge on any atom is -0.481 e. The van der Waals surface area contributed by atoms with Crippen LogP contribution in [0.1, 0.15) is 13.3 Å². The van der Waals surface area contributed by atoms with E-state index in [1.165, 1.54) is 6.92 Å². The molecule has 7 heteroatoms. The van der Waals surface area contributed by atoms with E-state index in [1.54, 1.807) is 0 Å². The molecule has 0 radical (unpaired) electrons. The SMILES string of the molecule is CC(N)C(=O)O.O=C(O)CC(O)CO. The van der Waals surface area contributed by atoms with Crippen molar-refractivity contribution in [1.82, 2.24) is 0 Å². The average Bonchev–Trinajstić information content (AvgIpc) is 2.04. The highest BCUT2D eigenvalue weighted by Gasteiger charge is 2.05. The molecule has 0 aromatic heterocycles. The number of nitrogens with two attached hydrogens (primary N) is 1. The van der Waals surface area contributed by atoms with Gasteiger partial charge in [0, 0.05) is 0 Å². The number of hydrogen-bond acceptors (Lipinski definition) is 5. The van der Waals surface area contributed by atoms with E-state index in [0.29, 0.717) is 0 Å². The summed E-state index contributed by atoms with van der Waals surface area (Å²) in [7, 11) is 0. The Morgan fingerprint density at radius 1 is 1.36 bits per heavy atom. The molecule has 0 heterocycles. The predicted molar refractivity (Wildman–Crippen MR) is 46.6 cm³/mol. The lowest BCUT2D eigenvalue weighted by Gasteiger charge is -1.99. The van der Waals surface area contributed by atoms with Gasteiger partial charge in [-0.2, -0.15) is 0 Å². The minimum atomic E-state index is -1.12. The molecule has 0 saturated heterocycles. The van der Waals surface area contributed by atoms with E-state index in [4.69, 9.17) is 26.2 Å².